The minimum Gasteiger partial charge on any atom is -0.432 e. The topological polar surface area (TPSA) is 82.7 Å². The number of fused-ring (bicyclic) bond motifs is 4. The van der Waals surface area contributed by atoms with Crippen LogP contribution < -0.4 is 0 Å². The predicted octanol–water partition coefficient (Wildman–Crippen LogP) is 8.79. The van der Waals surface area contributed by atoms with E-state index in [9.17, 15) is 15.2 Å². The molecule has 248 valence electrons. The second kappa shape index (κ2) is 11.1. The summed E-state index contributed by atoms with van der Waals surface area (Å²) in [5.41, 5.74) is 3.50. The maximum atomic E-state index is 12.5. The van der Waals surface area contributed by atoms with Crippen LogP contribution in [0.4, 0.5) is 0 Å². The highest BCUT2D eigenvalue weighted by Crippen LogP contribution is 2.69. The van der Waals surface area contributed by atoms with E-state index in [1.807, 2.05) is 13.1 Å². The van der Waals surface area contributed by atoms with Crippen molar-refractivity contribution in [3.05, 3.63) is 46.5 Å². The molecule has 7 atom stereocenters. The molecule has 5 nitrogen and oxygen atoms in total. The van der Waals surface area contributed by atoms with Gasteiger partial charge in [-0.3, -0.25) is 0 Å². The standard InChI is InChI=1S/C38H59NO4Si2/c1-34(2,45(7,8)41)19-14-27-10-12-28(13-11-27)30-24-35(3)31(17-22-38(35,26-39)43-44(4,5)6)29-15-21-37(40)25-36(18-9-23-42-36)20-16-32(37)33(29)30/h10-13,29-31,40-41H,9,14-25H2,1-8H3/t29?,30-,31?,35+,36?,37-,38+/m1/s1. The first-order valence-corrected chi connectivity index (χ1v) is 24.2. The van der Waals surface area contributed by atoms with Crippen LogP contribution in [0.3, 0.4) is 0 Å². The molecule has 2 N–H and O–H groups in total. The van der Waals surface area contributed by atoms with E-state index < -0.39 is 27.8 Å². The predicted molar refractivity (Wildman–Crippen MR) is 186 cm³/mol. The zero-order valence-electron chi connectivity index (χ0n) is 29.4. The van der Waals surface area contributed by atoms with Crippen molar-refractivity contribution in [2.75, 3.05) is 6.61 Å². The largest absolute Gasteiger partial charge is 0.432 e. The molecule has 1 aliphatic heterocycles. The fraction of sp³-hybridized carbons (Fsp3) is 0.763. The Kier molecular flexibility index (Phi) is 8.32. The van der Waals surface area contributed by atoms with Crippen molar-refractivity contribution < 1.29 is 19.1 Å². The Labute approximate surface area is 275 Å². The summed E-state index contributed by atoms with van der Waals surface area (Å²) in [5, 5.41) is 23.3. The number of benzene rings is 1. The first kappa shape index (κ1) is 33.6. The van der Waals surface area contributed by atoms with Crippen molar-refractivity contribution in [3.8, 4) is 6.07 Å². The lowest BCUT2D eigenvalue weighted by atomic mass is 9.49. The quantitative estimate of drug-likeness (QED) is 0.228. The second-order valence-electron chi connectivity index (χ2n) is 18.1. The van der Waals surface area contributed by atoms with Gasteiger partial charge in [-0.15, -0.1) is 0 Å². The van der Waals surface area contributed by atoms with Crippen molar-refractivity contribution in [1.29, 1.82) is 5.26 Å². The molecular formula is C38H59NO4Si2. The Hall–Kier alpha value is -1.28. The second-order valence-corrected chi connectivity index (χ2v) is 27.0. The zero-order chi connectivity index (χ0) is 32.7. The molecule has 1 spiro atoms. The average molecular weight is 650 g/mol. The Morgan fingerprint density at radius 2 is 1.76 bits per heavy atom. The minimum atomic E-state index is -2.26. The van der Waals surface area contributed by atoms with Crippen molar-refractivity contribution in [2.45, 2.75) is 158 Å². The van der Waals surface area contributed by atoms with Gasteiger partial charge < -0.3 is 19.1 Å². The summed E-state index contributed by atoms with van der Waals surface area (Å²) in [6.07, 6.45) is 11.3. The van der Waals surface area contributed by atoms with Gasteiger partial charge in [0.1, 0.15) is 5.60 Å². The van der Waals surface area contributed by atoms with Gasteiger partial charge in [0.25, 0.3) is 0 Å². The van der Waals surface area contributed by atoms with E-state index in [0.29, 0.717) is 11.8 Å². The lowest BCUT2D eigenvalue weighted by molar-refractivity contribution is -0.100. The third-order valence-electron chi connectivity index (χ3n) is 13.6. The monoisotopic (exact) mass is 649 g/mol. The number of nitrogens with zero attached hydrogens (tertiary/aromatic N) is 1. The first-order valence-electron chi connectivity index (χ1n) is 17.9. The lowest BCUT2D eigenvalue weighted by Crippen LogP contribution is -2.57. The van der Waals surface area contributed by atoms with Gasteiger partial charge in [-0.1, -0.05) is 50.6 Å². The molecule has 4 fully saturated rings. The molecule has 1 saturated heterocycles. The maximum Gasteiger partial charge on any atom is 0.188 e. The first-order chi connectivity index (χ1) is 20.9. The van der Waals surface area contributed by atoms with Crippen LogP contribution in [0.25, 0.3) is 0 Å². The third-order valence-corrected chi connectivity index (χ3v) is 18.1. The maximum absolute atomic E-state index is 12.5. The number of rotatable bonds is 7. The van der Waals surface area contributed by atoms with Gasteiger partial charge in [-0.05, 0) is 137 Å². The smallest absolute Gasteiger partial charge is 0.188 e. The van der Waals surface area contributed by atoms with Crippen LogP contribution in [0.5, 0.6) is 0 Å². The van der Waals surface area contributed by atoms with Crippen LogP contribution in [-0.4, -0.2) is 49.9 Å². The number of aliphatic hydroxyl groups is 1. The number of allylic oxidation sites excluding steroid dienone is 1. The fourth-order valence-corrected chi connectivity index (χ4v) is 12.5. The summed E-state index contributed by atoms with van der Waals surface area (Å²) >= 11 is 0. The molecule has 5 aliphatic rings. The molecule has 45 heavy (non-hydrogen) atoms. The van der Waals surface area contributed by atoms with Crippen molar-refractivity contribution >= 4 is 16.6 Å². The number of hydrogen-bond donors (Lipinski definition) is 2. The summed E-state index contributed by atoms with van der Waals surface area (Å²) in [5.74, 6) is 0.935. The van der Waals surface area contributed by atoms with Crippen LogP contribution in [0.1, 0.15) is 108 Å². The normalized spacial score (nSPS) is 38.6. The third kappa shape index (κ3) is 5.68. The van der Waals surface area contributed by atoms with Crippen molar-refractivity contribution in [2.24, 2.45) is 17.3 Å². The number of aryl methyl sites for hydroxylation is 1. The molecule has 6 rings (SSSR count). The van der Waals surface area contributed by atoms with Gasteiger partial charge in [-0.2, -0.15) is 5.26 Å². The fourth-order valence-electron chi connectivity index (χ4n) is 10.3. The minimum absolute atomic E-state index is 0.0498. The van der Waals surface area contributed by atoms with Crippen molar-refractivity contribution in [3.63, 3.8) is 0 Å². The highest BCUT2D eigenvalue weighted by molar-refractivity contribution is 6.72. The molecule has 3 unspecified atom stereocenters. The summed E-state index contributed by atoms with van der Waals surface area (Å²) in [7, 11) is -4.25. The summed E-state index contributed by atoms with van der Waals surface area (Å²) in [4.78, 5) is 10.8. The molecule has 1 aromatic carbocycles. The van der Waals surface area contributed by atoms with E-state index in [0.717, 1.165) is 83.7 Å². The molecule has 1 aromatic rings. The van der Waals surface area contributed by atoms with Gasteiger partial charge in [0.05, 0.1) is 17.3 Å². The average Bonchev–Trinajstić information content (AvgIpc) is 3.51. The van der Waals surface area contributed by atoms with E-state index in [4.69, 9.17) is 9.16 Å². The highest BCUT2D eigenvalue weighted by atomic mass is 28.4. The molecule has 0 aromatic heterocycles. The van der Waals surface area contributed by atoms with Gasteiger partial charge >= 0.3 is 0 Å². The van der Waals surface area contributed by atoms with E-state index in [1.165, 1.54) is 22.3 Å². The van der Waals surface area contributed by atoms with Crippen molar-refractivity contribution in [1.82, 2.24) is 0 Å². The van der Waals surface area contributed by atoms with Crippen LogP contribution in [-0.2, 0) is 15.6 Å². The molecule has 0 radical (unpaired) electrons. The Morgan fingerprint density at radius 3 is 2.36 bits per heavy atom. The van der Waals surface area contributed by atoms with Crippen LogP contribution >= 0.6 is 0 Å². The Bertz CT molecular complexity index is 1360. The highest BCUT2D eigenvalue weighted by Gasteiger charge is 2.66. The van der Waals surface area contributed by atoms with Crippen LogP contribution in [0.2, 0.25) is 37.8 Å². The van der Waals surface area contributed by atoms with E-state index in [1.54, 1.807) is 0 Å². The molecule has 0 bridgehead atoms. The van der Waals surface area contributed by atoms with E-state index in [-0.39, 0.29) is 22.0 Å². The number of nitriles is 1. The van der Waals surface area contributed by atoms with Gasteiger partial charge in [0.15, 0.2) is 16.6 Å². The Balaban J connectivity index is 1.40. The molecule has 1 heterocycles. The molecule has 7 heteroatoms. The van der Waals surface area contributed by atoms with E-state index in [2.05, 4.69) is 70.7 Å². The van der Waals surface area contributed by atoms with E-state index >= 15 is 0 Å². The SMILES string of the molecule is CC(C)(CCc1ccc([C@H]2C[C@@]3(C)C(CC[C@@]3(C#N)O[Si](C)(C)C)C3CC[C@@]4(O)CC5(CCCO5)CCC4=C32)cc1)[Si](C)(C)O. The zero-order valence-corrected chi connectivity index (χ0v) is 31.4. The number of ether oxygens (including phenoxy) is 1. The van der Waals surface area contributed by atoms with Crippen LogP contribution in [0, 0.1) is 28.6 Å². The summed E-state index contributed by atoms with van der Waals surface area (Å²) in [6, 6.07) is 12.1. The van der Waals surface area contributed by atoms with Gasteiger partial charge in [-0.25, -0.2) is 0 Å². The summed E-state index contributed by atoms with van der Waals surface area (Å²) in [6.45, 7) is 18.4. The molecule has 3 saturated carbocycles. The lowest BCUT2D eigenvalue weighted by Gasteiger charge is -2.58. The molecule has 4 aliphatic carbocycles. The van der Waals surface area contributed by atoms with Crippen LogP contribution in [0.15, 0.2) is 35.4 Å². The molecular weight excluding hydrogens is 591 g/mol. The Morgan fingerprint density at radius 1 is 1.04 bits per heavy atom. The summed E-state index contributed by atoms with van der Waals surface area (Å²) < 4.78 is 13.3. The number of hydrogen-bond acceptors (Lipinski definition) is 5. The molecule has 0 amide bonds. The van der Waals surface area contributed by atoms with Gasteiger partial charge in [0, 0.05) is 24.4 Å². The van der Waals surface area contributed by atoms with Gasteiger partial charge in [0.2, 0.25) is 0 Å².